The van der Waals surface area contributed by atoms with Gasteiger partial charge in [0.05, 0.1) is 0 Å². The van der Waals surface area contributed by atoms with Gasteiger partial charge in [-0.3, -0.25) is 0 Å². The smallest absolute Gasteiger partial charge is 0.127 e. The molecule has 1 N–H and O–H groups in total. The molecule has 0 amide bonds. The number of hydrogen-bond acceptors (Lipinski definition) is 1. The zero-order valence-electron chi connectivity index (χ0n) is 24.4. The van der Waals surface area contributed by atoms with Crippen LogP contribution >= 0.6 is 0 Å². The summed E-state index contributed by atoms with van der Waals surface area (Å²) in [4.78, 5) is 3.24. The first-order valence-electron chi connectivity index (χ1n) is 13.7. The fourth-order valence-corrected chi connectivity index (χ4v) is 5.69. The van der Waals surface area contributed by atoms with Crippen molar-refractivity contribution in [3.05, 3.63) is 48.2 Å². The molecule has 2 aromatic heterocycles. The van der Waals surface area contributed by atoms with E-state index in [0.29, 0.717) is 76.9 Å². The van der Waals surface area contributed by atoms with Gasteiger partial charge in [0.2, 0.25) is 0 Å². The standard InChI is InChI=1S/C31H11B12NO/c1-9-14(32)6-12(15(33)7-13-21(36)16(34)8-17(35)29(13)44-9)10-3-2-4-11(5-10)18-22(37)19-20-24(39)25(40)26(41)28(43)31(20)45-30(19)27(42)23(18)38/h2-8,44H,1H3. The second-order valence-electron chi connectivity index (χ2n) is 11.0. The quantitative estimate of drug-likeness (QED) is 0.217. The summed E-state index contributed by atoms with van der Waals surface area (Å²) in [5, 5.41) is 1.32. The van der Waals surface area contributed by atoms with Crippen LogP contribution in [0.3, 0.4) is 0 Å². The van der Waals surface area contributed by atoms with Gasteiger partial charge in [-0.15, -0.1) is 16.4 Å². The topological polar surface area (TPSA) is 28.9 Å². The fourth-order valence-electron chi connectivity index (χ4n) is 5.69. The zero-order chi connectivity index (χ0) is 32.6. The van der Waals surface area contributed by atoms with Gasteiger partial charge < -0.3 is 9.40 Å². The Bertz CT molecular complexity index is 2320. The van der Waals surface area contributed by atoms with E-state index in [0.717, 1.165) is 0 Å². The summed E-state index contributed by atoms with van der Waals surface area (Å²) in [6.45, 7) is 1.81. The van der Waals surface area contributed by atoms with Crippen molar-refractivity contribution in [2.75, 3.05) is 0 Å². The lowest BCUT2D eigenvalue weighted by Gasteiger charge is -2.18. The molecular weight excluding hydrogens is 532 g/mol. The van der Waals surface area contributed by atoms with Crippen molar-refractivity contribution in [2.24, 2.45) is 0 Å². The van der Waals surface area contributed by atoms with E-state index in [1.807, 2.05) is 31.2 Å². The van der Waals surface area contributed by atoms with Crippen molar-refractivity contribution in [3.63, 3.8) is 0 Å². The first-order chi connectivity index (χ1) is 21.2. The molecule has 2 heterocycles. The Labute approximate surface area is 278 Å². The molecule has 45 heavy (non-hydrogen) atoms. The molecule has 0 fully saturated rings. The highest BCUT2D eigenvalue weighted by atomic mass is 16.3. The molecule has 0 unspecified atom stereocenters. The van der Waals surface area contributed by atoms with E-state index in [4.69, 9.17) is 98.6 Å². The maximum atomic E-state index is 6.81. The Morgan fingerprint density at radius 3 is 1.80 bits per heavy atom. The number of aromatic nitrogens is 1. The van der Waals surface area contributed by atoms with Crippen LogP contribution in [-0.2, 0) is 0 Å². The molecule has 0 spiro atoms. The molecule has 182 valence electrons. The van der Waals surface area contributed by atoms with Crippen molar-refractivity contribution in [3.8, 4) is 22.3 Å². The summed E-state index contributed by atoms with van der Waals surface area (Å²) < 4.78 is 6.02. The molecule has 6 rings (SSSR count). The largest absolute Gasteiger partial charge is 0.457 e. The minimum absolute atomic E-state index is 0.0968. The maximum absolute atomic E-state index is 6.81. The molecular formula is C31H11B12NO. The van der Waals surface area contributed by atoms with Crippen LogP contribution < -0.4 is 65.6 Å². The SMILES string of the molecule is [B]c1cc2c([B])c([B])cc([B])c2[nH]c(C)c([B])cc1-c1cccc(-c2c([B])c([B])c3oc4c([B])c([B])c([B])c([B])c4c3c2[B])c1. The highest BCUT2D eigenvalue weighted by Crippen LogP contribution is 2.28. The maximum Gasteiger partial charge on any atom is 0.127 e. The number of benzene rings is 4. The number of nitrogens with one attached hydrogen (secondary N) is 1. The van der Waals surface area contributed by atoms with Gasteiger partial charge in [0.1, 0.15) is 105 Å². The average Bonchev–Trinajstić information content (AvgIpc) is 3.43. The molecule has 24 radical (unpaired) electrons. The van der Waals surface area contributed by atoms with Crippen LogP contribution in [0.4, 0.5) is 0 Å². The molecule has 0 aliphatic heterocycles. The van der Waals surface area contributed by atoms with E-state index in [1.165, 1.54) is 0 Å². The van der Waals surface area contributed by atoms with E-state index in [2.05, 4.69) is 4.98 Å². The molecule has 0 saturated heterocycles. The number of fused-ring (bicyclic) bond motifs is 4. The van der Waals surface area contributed by atoms with Gasteiger partial charge in [0, 0.05) is 22.0 Å². The van der Waals surface area contributed by atoms with Crippen LogP contribution in [0.25, 0.3) is 55.1 Å². The Balaban J connectivity index is 1.67. The highest BCUT2D eigenvalue weighted by molar-refractivity contribution is 6.69. The van der Waals surface area contributed by atoms with E-state index in [1.54, 1.807) is 18.2 Å². The monoisotopic (exact) mass is 545 g/mol. The van der Waals surface area contributed by atoms with Gasteiger partial charge in [-0.1, -0.05) is 85.6 Å². The number of aromatic amines is 1. The number of aryl methyl sites for hydroxylation is 1. The van der Waals surface area contributed by atoms with Crippen molar-refractivity contribution in [1.29, 1.82) is 0 Å². The highest BCUT2D eigenvalue weighted by Gasteiger charge is 2.22. The predicted octanol–water partition coefficient (Wildman–Crippen LogP) is -5.64. The lowest BCUT2D eigenvalue weighted by atomic mass is 9.64. The first-order valence-corrected chi connectivity index (χ1v) is 13.7. The second-order valence-corrected chi connectivity index (χ2v) is 11.0. The number of furan rings is 1. The lowest BCUT2D eigenvalue weighted by molar-refractivity contribution is 0.675. The third kappa shape index (κ3) is 4.91. The first kappa shape index (κ1) is 31.5. The van der Waals surface area contributed by atoms with Crippen LogP contribution in [0.1, 0.15) is 5.69 Å². The Morgan fingerprint density at radius 2 is 1.11 bits per heavy atom. The summed E-state index contributed by atoms with van der Waals surface area (Å²) in [6, 6.07) is 12.4. The molecule has 0 saturated carbocycles. The molecule has 14 heteroatoms. The van der Waals surface area contributed by atoms with E-state index in [-0.39, 0.29) is 49.4 Å². The van der Waals surface area contributed by atoms with Crippen molar-refractivity contribution < 1.29 is 4.42 Å². The van der Waals surface area contributed by atoms with E-state index in [9.17, 15) is 0 Å². The van der Waals surface area contributed by atoms with Crippen LogP contribution in [0.15, 0.2) is 46.9 Å². The summed E-state index contributed by atoms with van der Waals surface area (Å²) in [6.07, 6.45) is 0. The van der Waals surface area contributed by atoms with Crippen molar-refractivity contribution in [1.82, 2.24) is 4.98 Å². The Morgan fingerprint density at radius 1 is 0.511 bits per heavy atom. The molecule has 0 aliphatic rings. The summed E-state index contributed by atoms with van der Waals surface area (Å²) in [5.41, 5.74) is 6.76. The van der Waals surface area contributed by atoms with E-state index >= 15 is 0 Å². The molecule has 6 aromatic rings. The Kier molecular flexibility index (Phi) is 7.95. The van der Waals surface area contributed by atoms with Gasteiger partial charge >= 0.3 is 0 Å². The molecule has 0 bridgehead atoms. The normalized spacial score (nSPS) is 11.4. The average molecular weight is 543 g/mol. The summed E-state index contributed by atoms with van der Waals surface area (Å²) in [5.74, 6) is 0. The van der Waals surface area contributed by atoms with Crippen molar-refractivity contribution >= 4 is 193 Å². The zero-order valence-corrected chi connectivity index (χ0v) is 24.4. The molecule has 0 aliphatic carbocycles. The van der Waals surface area contributed by atoms with Gasteiger partial charge in [0.15, 0.2) is 0 Å². The minimum Gasteiger partial charge on any atom is -0.457 e. The fraction of sp³-hybridized carbons (Fsp3) is 0.0323. The van der Waals surface area contributed by atoms with Crippen LogP contribution in [0.2, 0.25) is 0 Å². The third-order valence-electron chi connectivity index (χ3n) is 8.22. The van der Waals surface area contributed by atoms with Gasteiger partial charge in [0.25, 0.3) is 0 Å². The van der Waals surface area contributed by atoms with E-state index < -0.39 is 0 Å². The summed E-state index contributed by atoms with van der Waals surface area (Å²) >= 11 is 0. The minimum atomic E-state index is 0.0968. The number of rotatable bonds is 2. The third-order valence-corrected chi connectivity index (χ3v) is 8.22. The Hall–Kier alpha value is -3.52. The summed E-state index contributed by atoms with van der Waals surface area (Å²) in [7, 11) is 76.8. The van der Waals surface area contributed by atoms with Crippen LogP contribution in [-0.4, -0.2) is 99.1 Å². The predicted molar refractivity (Wildman–Crippen MR) is 203 cm³/mol. The van der Waals surface area contributed by atoms with Crippen LogP contribution in [0.5, 0.6) is 0 Å². The number of hydrogen-bond donors (Lipinski definition) is 1. The molecule has 0 atom stereocenters. The van der Waals surface area contributed by atoms with Gasteiger partial charge in [-0.25, -0.2) is 0 Å². The van der Waals surface area contributed by atoms with Gasteiger partial charge in [-0.2, -0.15) is 0 Å². The van der Waals surface area contributed by atoms with Gasteiger partial charge in [-0.05, 0) is 40.6 Å². The second kappa shape index (κ2) is 11.4. The molecule has 2 nitrogen and oxygen atoms in total. The lowest BCUT2D eigenvalue weighted by Crippen LogP contribution is -2.47. The van der Waals surface area contributed by atoms with Crippen molar-refractivity contribution in [2.45, 2.75) is 6.92 Å². The molecule has 4 aromatic carbocycles. The number of H-pyrrole nitrogens is 1. The van der Waals surface area contributed by atoms with Crippen LogP contribution in [0, 0.1) is 6.92 Å².